The lowest BCUT2D eigenvalue weighted by atomic mass is 10.0. The number of nitrogens with zero attached hydrogens (tertiary/aromatic N) is 2. The molecule has 2 N–H and O–H groups in total. The number of aromatic nitrogens is 2. The standard InChI is InChI=1S/C24H20ClN3O/c1-27-22(19-11-13-21(25)14-12-19)15-28(24(27)26)16-23(29)20-9-7-18(8-10-20)17-5-3-2-4-6-17/h2-15,26H,16H2,1H3/p+1. The Morgan fingerprint density at radius 1 is 0.897 bits per heavy atom. The van der Waals surface area contributed by atoms with Crippen LogP contribution in [0.3, 0.4) is 0 Å². The summed E-state index contributed by atoms with van der Waals surface area (Å²) in [6.07, 6.45) is 1.90. The molecular weight excluding hydrogens is 382 g/mol. The molecular formula is C24H21ClN3O+. The molecule has 3 aromatic carbocycles. The Labute approximate surface area is 174 Å². The van der Waals surface area contributed by atoms with Gasteiger partial charge in [-0.15, -0.1) is 0 Å². The molecule has 144 valence electrons. The number of benzene rings is 3. The Balaban J connectivity index is 1.55. The normalized spacial score (nSPS) is 10.8. The van der Waals surface area contributed by atoms with Crippen molar-refractivity contribution >= 4 is 23.3 Å². The summed E-state index contributed by atoms with van der Waals surface area (Å²) in [5, 5.41) is 0.679. The van der Waals surface area contributed by atoms with Crippen molar-refractivity contribution in [3.63, 3.8) is 0 Å². The van der Waals surface area contributed by atoms with E-state index in [1.165, 1.54) is 0 Å². The van der Waals surface area contributed by atoms with Gasteiger partial charge in [-0.2, -0.15) is 0 Å². The van der Waals surface area contributed by atoms with Gasteiger partial charge in [-0.05, 0) is 35.4 Å². The zero-order valence-corrected chi connectivity index (χ0v) is 16.8. The van der Waals surface area contributed by atoms with Crippen molar-refractivity contribution in [2.75, 3.05) is 5.73 Å². The van der Waals surface area contributed by atoms with Crippen LogP contribution in [0.25, 0.3) is 22.4 Å². The lowest BCUT2D eigenvalue weighted by Gasteiger charge is -2.04. The van der Waals surface area contributed by atoms with E-state index in [0.717, 1.165) is 22.4 Å². The first-order valence-electron chi connectivity index (χ1n) is 9.32. The predicted molar refractivity (Wildman–Crippen MR) is 117 cm³/mol. The number of hydrogen-bond acceptors (Lipinski definition) is 2. The molecule has 1 heterocycles. The third-order valence-electron chi connectivity index (χ3n) is 5.05. The number of carbonyl (C=O) groups excluding carboxylic acids is 1. The second kappa shape index (κ2) is 7.94. The fourth-order valence-electron chi connectivity index (χ4n) is 3.36. The van der Waals surface area contributed by atoms with E-state index in [2.05, 4.69) is 12.1 Å². The quantitative estimate of drug-likeness (QED) is 0.386. The SMILES string of the molecule is Cn1c(-c2ccc(Cl)cc2)c[n+](CC(=O)c2ccc(-c3ccccc3)cc2)c1N. The predicted octanol–water partition coefficient (Wildman–Crippen LogP) is 4.77. The van der Waals surface area contributed by atoms with Crippen molar-refractivity contribution in [2.24, 2.45) is 7.05 Å². The molecule has 0 unspecified atom stereocenters. The Bertz CT molecular complexity index is 1150. The molecule has 0 saturated carbocycles. The van der Waals surface area contributed by atoms with Gasteiger partial charge >= 0.3 is 5.95 Å². The first-order valence-corrected chi connectivity index (χ1v) is 9.70. The molecule has 29 heavy (non-hydrogen) atoms. The van der Waals surface area contributed by atoms with Crippen molar-refractivity contribution in [1.82, 2.24) is 4.57 Å². The van der Waals surface area contributed by atoms with Crippen LogP contribution in [0.4, 0.5) is 5.95 Å². The molecule has 0 saturated heterocycles. The maximum absolute atomic E-state index is 12.8. The van der Waals surface area contributed by atoms with Gasteiger partial charge in [0, 0.05) is 16.1 Å². The highest BCUT2D eigenvalue weighted by Gasteiger charge is 2.20. The summed E-state index contributed by atoms with van der Waals surface area (Å²) in [5.41, 5.74) is 11.0. The molecule has 0 bridgehead atoms. The Morgan fingerprint density at radius 2 is 1.48 bits per heavy atom. The second-order valence-corrected chi connectivity index (χ2v) is 7.37. The molecule has 4 aromatic rings. The Morgan fingerprint density at radius 3 is 2.14 bits per heavy atom. The van der Waals surface area contributed by atoms with Crippen LogP contribution in [0, 0.1) is 0 Å². The fraction of sp³-hybridized carbons (Fsp3) is 0.0833. The average Bonchev–Trinajstić information content (AvgIpc) is 3.03. The van der Waals surface area contributed by atoms with E-state index < -0.39 is 0 Å². The molecule has 0 spiro atoms. The molecule has 1 aromatic heterocycles. The minimum absolute atomic E-state index is 0.00886. The van der Waals surface area contributed by atoms with Gasteiger partial charge in [0.25, 0.3) is 0 Å². The van der Waals surface area contributed by atoms with Crippen LogP contribution in [-0.4, -0.2) is 10.4 Å². The van der Waals surface area contributed by atoms with Crippen molar-refractivity contribution < 1.29 is 9.36 Å². The molecule has 0 aliphatic rings. The summed E-state index contributed by atoms with van der Waals surface area (Å²) < 4.78 is 3.65. The summed E-state index contributed by atoms with van der Waals surface area (Å²) in [4.78, 5) is 12.8. The van der Waals surface area contributed by atoms with Crippen LogP contribution in [0.1, 0.15) is 10.4 Å². The van der Waals surface area contributed by atoms with Gasteiger partial charge in [-0.25, -0.2) is 9.13 Å². The Kier molecular flexibility index (Phi) is 5.19. The van der Waals surface area contributed by atoms with Crippen molar-refractivity contribution in [1.29, 1.82) is 0 Å². The van der Waals surface area contributed by atoms with Crippen molar-refractivity contribution in [3.8, 4) is 22.4 Å². The zero-order chi connectivity index (χ0) is 20.4. The van der Waals surface area contributed by atoms with Gasteiger partial charge in [0.1, 0.15) is 18.4 Å². The summed E-state index contributed by atoms with van der Waals surface area (Å²) in [6, 6.07) is 25.3. The summed E-state index contributed by atoms with van der Waals surface area (Å²) in [5.74, 6) is 0.527. The lowest BCUT2D eigenvalue weighted by Crippen LogP contribution is -2.39. The van der Waals surface area contributed by atoms with Crippen molar-refractivity contribution in [2.45, 2.75) is 6.54 Å². The van der Waals surface area contributed by atoms with Gasteiger partial charge in [-0.3, -0.25) is 10.5 Å². The molecule has 0 atom stereocenters. The summed E-state index contributed by atoms with van der Waals surface area (Å²) >= 11 is 5.98. The van der Waals surface area contributed by atoms with Crippen LogP contribution >= 0.6 is 11.6 Å². The highest BCUT2D eigenvalue weighted by Crippen LogP contribution is 2.22. The van der Waals surface area contributed by atoms with E-state index in [0.29, 0.717) is 16.5 Å². The zero-order valence-electron chi connectivity index (χ0n) is 16.0. The van der Waals surface area contributed by atoms with E-state index in [9.17, 15) is 4.79 Å². The van der Waals surface area contributed by atoms with Gasteiger partial charge in [0.05, 0.1) is 7.05 Å². The second-order valence-electron chi connectivity index (χ2n) is 6.93. The number of imidazole rings is 1. The first-order chi connectivity index (χ1) is 14.0. The van der Waals surface area contributed by atoms with Gasteiger partial charge < -0.3 is 0 Å². The number of ketones is 1. The van der Waals surface area contributed by atoms with Gasteiger partial charge in [0.2, 0.25) is 0 Å². The van der Waals surface area contributed by atoms with Crippen molar-refractivity contribution in [3.05, 3.63) is 95.6 Å². The smallest absolute Gasteiger partial charge is 0.291 e. The van der Waals surface area contributed by atoms with E-state index in [4.69, 9.17) is 17.3 Å². The van der Waals surface area contributed by atoms with Gasteiger partial charge in [0.15, 0.2) is 5.78 Å². The number of Topliss-reactive ketones (excluding diaryl/α,β-unsaturated/α-hetero) is 1. The minimum atomic E-state index is 0.00886. The topological polar surface area (TPSA) is 51.9 Å². The maximum Gasteiger partial charge on any atom is 0.355 e. The van der Waals surface area contributed by atoms with Gasteiger partial charge in [-0.1, -0.05) is 66.2 Å². The number of carbonyl (C=O) groups is 1. The highest BCUT2D eigenvalue weighted by molar-refractivity contribution is 6.30. The van der Waals surface area contributed by atoms with E-state index in [1.54, 1.807) is 4.57 Å². The van der Waals surface area contributed by atoms with Crippen LogP contribution in [0.15, 0.2) is 85.1 Å². The maximum atomic E-state index is 12.8. The van der Waals surface area contributed by atoms with Crippen LogP contribution in [0.2, 0.25) is 5.02 Å². The molecule has 0 amide bonds. The van der Waals surface area contributed by atoms with Crippen LogP contribution < -0.4 is 10.3 Å². The monoisotopic (exact) mass is 402 g/mol. The number of anilines is 1. The number of nitrogens with two attached hydrogens (primary N) is 1. The average molecular weight is 403 g/mol. The first kappa shape index (κ1) is 19.0. The molecule has 0 fully saturated rings. The molecule has 4 rings (SSSR count). The molecule has 5 heteroatoms. The fourth-order valence-corrected chi connectivity index (χ4v) is 3.48. The number of hydrogen-bond donors (Lipinski definition) is 1. The largest absolute Gasteiger partial charge is 0.355 e. The number of rotatable bonds is 5. The molecule has 4 nitrogen and oxygen atoms in total. The molecule has 0 aliphatic carbocycles. The number of halogens is 1. The molecule has 0 aliphatic heterocycles. The number of nitrogen functional groups attached to an aromatic ring is 1. The third kappa shape index (κ3) is 3.93. The lowest BCUT2D eigenvalue weighted by molar-refractivity contribution is -0.667. The van der Waals surface area contributed by atoms with Crippen LogP contribution in [0.5, 0.6) is 0 Å². The van der Waals surface area contributed by atoms with E-state index in [1.807, 2.05) is 84.5 Å². The molecule has 0 radical (unpaired) electrons. The van der Waals surface area contributed by atoms with E-state index >= 15 is 0 Å². The Hall–Kier alpha value is -3.37. The third-order valence-corrected chi connectivity index (χ3v) is 5.30. The summed E-state index contributed by atoms with van der Waals surface area (Å²) in [7, 11) is 1.88. The summed E-state index contributed by atoms with van der Waals surface area (Å²) in [6.45, 7) is 0.179. The van der Waals surface area contributed by atoms with Crippen LogP contribution in [-0.2, 0) is 13.6 Å². The highest BCUT2D eigenvalue weighted by atomic mass is 35.5. The minimum Gasteiger partial charge on any atom is -0.291 e. The van der Waals surface area contributed by atoms with E-state index in [-0.39, 0.29) is 12.3 Å².